The highest BCUT2D eigenvalue weighted by molar-refractivity contribution is 5.81. The van der Waals surface area contributed by atoms with Gasteiger partial charge in [0.1, 0.15) is 0 Å². The molecule has 1 atom stereocenters. The van der Waals surface area contributed by atoms with Gasteiger partial charge in [-0.05, 0) is 53.4 Å². The summed E-state index contributed by atoms with van der Waals surface area (Å²) in [6, 6.07) is 0.353. The van der Waals surface area contributed by atoms with Gasteiger partial charge in [0, 0.05) is 6.04 Å². The van der Waals surface area contributed by atoms with E-state index in [-0.39, 0.29) is 11.9 Å². The average molecular weight is 241 g/mol. The second kappa shape index (κ2) is 7.67. The van der Waals surface area contributed by atoms with Gasteiger partial charge in [-0.3, -0.25) is 4.79 Å². The molecule has 0 aromatic carbocycles. The summed E-state index contributed by atoms with van der Waals surface area (Å²) < 4.78 is 0. The third-order valence-corrected chi connectivity index (χ3v) is 3.33. The van der Waals surface area contributed by atoms with Crippen LogP contribution in [0.15, 0.2) is 0 Å². The molecule has 0 bridgehead atoms. The van der Waals surface area contributed by atoms with Crippen LogP contribution in [0.4, 0.5) is 0 Å². The van der Waals surface area contributed by atoms with Crippen LogP contribution in [0.1, 0.15) is 39.0 Å². The van der Waals surface area contributed by atoms with Gasteiger partial charge in [-0.25, -0.2) is 0 Å². The predicted molar refractivity (Wildman–Crippen MR) is 71.0 cm³/mol. The van der Waals surface area contributed by atoms with Crippen LogP contribution in [0, 0.1) is 0 Å². The molecule has 2 N–H and O–H groups in total. The molecule has 4 nitrogen and oxygen atoms in total. The van der Waals surface area contributed by atoms with Gasteiger partial charge < -0.3 is 15.5 Å². The lowest BCUT2D eigenvalue weighted by Crippen LogP contribution is -2.46. The minimum Gasteiger partial charge on any atom is -0.352 e. The highest BCUT2D eigenvalue weighted by atomic mass is 16.2. The number of nitrogens with one attached hydrogen (secondary N) is 2. The Balaban J connectivity index is 2.09. The fourth-order valence-electron chi connectivity index (χ4n) is 2.20. The monoisotopic (exact) mass is 241 g/mol. The molecule has 1 saturated carbocycles. The Kier molecular flexibility index (Phi) is 6.52. The van der Waals surface area contributed by atoms with Gasteiger partial charge in [0.05, 0.1) is 6.04 Å². The van der Waals surface area contributed by atoms with E-state index in [1.54, 1.807) is 0 Å². The Morgan fingerprint density at radius 1 is 1.35 bits per heavy atom. The summed E-state index contributed by atoms with van der Waals surface area (Å²) in [5, 5.41) is 6.39. The lowest BCUT2D eigenvalue weighted by atomic mass is 10.2. The van der Waals surface area contributed by atoms with E-state index in [0.29, 0.717) is 6.04 Å². The van der Waals surface area contributed by atoms with Crippen molar-refractivity contribution in [3.8, 4) is 0 Å². The topological polar surface area (TPSA) is 44.4 Å². The van der Waals surface area contributed by atoms with Crippen molar-refractivity contribution in [3.05, 3.63) is 0 Å². The summed E-state index contributed by atoms with van der Waals surface area (Å²) >= 11 is 0. The third-order valence-electron chi connectivity index (χ3n) is 3.33. The molecule has 0 aromatic rings. The number of amides is 1. The molecule has 1 amide bonds. The quantitative estimate of drug-likeness (QED) is 0.653. The Bertz CT molecular complexity index is 225. The van der Waals surface area contributed by atoms with Gasteiger partial charge >= 0.3 is 0 Å². The van der Waals surface area contributed by atoms with Gasteiger partial charge in [-0.15, -0.1) is 0 Å². The maximum absolute atomic E-state index is 11.8. The van der Waals surface area contributed by atoms with E-state index in [0.717, 1.165) is 32.4 Å². The number of carbonyl (C=O) groups is 1. The summed E-state index contributed by atoms with van der Waals surface area (Å²) in [7, 11) is 4.13. The van der Waals surface area contributed by atoms with Crippen molar-refractivity contribution in [1.29, 1.82) is 0 Å². The molecule has 0 aromatic heterocycles. The highest BCUT2D eigenvalue weighted by Crippen LogP contribution is 2.17. The van der Waals surface area contributed by atoms with Gasteiger partial charge in [-0.2, -0.15) is 0 Å². The normalized spacial score (nSPS) is 18.6. The number of carbonyl (C=O) groups excluding carboxylic acids is 1. The summed E-state index contributed by atoms with van der Waals surface area (Å²) in [6.45, 7) is 3.90. The van der Waals surface area contributed by atoms with E-state index in [1.165, 1.54) is 12.8 Å². The van der Waals surface area contributed by atoms with Crippen LogP contribution >= 0.6 is 0 Å². The maximum atomic E-state index is 11.8. The molecule has 17 heavy (non-hydrogen) atoms. The van der Waals surface area contributed by atoms with Crippen LogP contribution in [-0.2, 0) is 4.79 Å². The van der Waals surface area contributed by atoms with Crippen molar-refractivity contribution >= 4 is 5.91 Å². The lowest BCUT2D eigenvalue weighted by Gasteiger charge is -2.18. The van der Waals surface area contributed by atoms with Crippen molar-refractivity contribution in [1.82, 2.24) is 15.5 Å². The fraction of sp³-hybridized carbons (Fsp3) is 0.923. The first kappa shape index (κ1) is 14.5. The molecule has 0 radical (unpaired) electrons. The molecule has 100 valence electrons. The summed E-state index contributed by atoms with van der Waals surface area (Å²) in [4.78, 5) is 14.0. The molecule has 0 spiro atoms. The zero-order chi connectivity index (χ0) is 12.7. The van der Waals surface area contributed by atoms with Crippen molar-refractivity contribution in [3.63, 3.8) is 0 Å². The molecule has 1 unspecified atom stereocenters. The Morgan fingerprint density at radius 2 is 2.00 bits per heavy atom. The molecule has 1 aliphatic carbocycles. The summed E-state index contributed by atoms with van der Waals surface area (Å²) in [5.74, 6) is 0.154. The standard InChI is InChI=1S/C13H27N3O/c1-11(14-9-6-10-16(2)3)13(17)15-12-7-4-5-8-12/h11-12,14H,4-10H2,1-3H3,(H,15,17). The van der Waals surface area contributed by atoms with E-state index in [9.17, 15) is 4.79 Å². The number of nitrogens with zero attached hydrogens (tertiary/aromatic N) is 1. The molecule has 4 heteroatoms. The lowest BCUT2D eigenvalue weighted by molar-refractivity contribution is -0.123. The van der Waals surface area contributed by atoms with Crippen LogP contribution in [0.25, 0.3) is 0 Å². The van der Waals surface area contributed by atoms with Crippen LogP contribution in [0.2, 0.25) is 0 Å². The molecule has 0 aliphatic heterocycles. The Hall–Kier alpha value is -0.610. The first-order valence-corrected chi connectivity index (χ1v) is 6.78. The molecular formula is C13H27N3O. The average Bonchev–Trinajstić information content (AvgIpc) is 2.76. The molecule has 0 heterocycles. The van der Waals surface area contributed by atoms with Crippen LogP contribution in [0.5, 0.6) is 0 Å². The predicted octanol–water partition coefficient (Wildman–Crippen LogP) is 0.975. The Morgan fingerprint density at radius 3 is 2.59 bits per heavy atom. The van der Waals surface area contributed by atoms with Gasteiger partial charge in [-0.1, -0.05) is 12.8 Å². The first-order chi connectivity index (χ1) is 8.09. The maximum Gasteiger partial charge on any atom is 0.237 e. The fourth-order valence-corrected chi connectivity index (χ4v) is 2.20. The second-order valence-electron chi connectivity index (χ2n) is 5.32. The van der Waals surface area contributed by atoms with E-state index >= 15 is 0 Å². The van der Waals surface area contributed by atoms with Crippen LogP contribution < -0.4 is 10.6 Å². The van der Waals surface area contributed by atoms with Gasteiger partial charge in [0.2, 0.25) is 5.91 Å². The number of rotatable bonds is 7. The van der Waals surface area contributed by atoms with E-state index in [1.807, 2.05) is 6.92 Å². The van der Waals surface area contributed by atoms with Gasteiger partial charge in [0.15, 0.2) is 0 Å². The first-order valence-electron chi connectivity index (χ1n) is 6.78. The summed E-state index contributed by atoms with van der Waals surface area (Å²) in [5.41, 5.74) is 0. The zero-order valence-electron chi connectivity index (χ0n) is 11.5. The number of hydrogen-bond donors (Lipinski definition) is 2. The number of hydrogen-bond acceptors (Lipinski definition) is 3. The van der Waals surface area contributed by atoms with Gasteiger partial charge in [0.25, 0.3) is 0 Å². The van der Waals surface area contributed by atoms with Crippen molar-refractivity contribution in [2.75, 3.05) is 27.2 Å². The minimum absolute atomic E-state index is 0.0715. The minimum atomic E-state index is -0.0715. The second-order valence-corrected chi connectivity index (χ2v) is 5.32. The smallest absolute Gasteiger partial charge is 0.237 e. The van der Waals surface area contributed by atoms with Crippen LogP contribution in [0.3, 0.4) is 0 Å². The van der Waals surface area contributed by atoms with E-state index in [4.69, 9.17) is 0 Å². The largest absolute Gasteiger partial charge is 0.352 e. The third kappa shape index (κ3) is 6.03. The zero-order valence-corrected chi connectivity index (χ0v) is 11.5. The van der Waals surface area contributed by atoms with Crippen molar-refractivity contribution in [2.45, 2.75) is 51.1 Å². The van der Waals surface area contributed by atoms with Crippen molar-refractivity contribution < 1.29 is 4.79 Å². The SMILES string of the molecule is CC(NCCCN(C)C)C(=O)NC1CCCC1. The molecule has 1 fully saturated rings. The summed E-state index contributed by atoms with van der Waals surface area (Å²) in [6.07, 6.45) is 5.90. The van der Waals surface area contributed by atoms with E-state index in [2.05, 4.69) is 29.6 Å². The Labute approximate surface area is 105 Å². The van der Waals surface area contributed by atoms with Crippen molar-refractivity contribution in [2.24, 2.45) is 0 Å². The molecule has 0 saturated heterocycles. The highest BCUT2D eigenvalue weighted by Gasteiger charge is 2.19. The molecule has 1 aliphatic rings. The molecule has 1 rings (SSSR count). The molecular weight excluding hydrogens is 214 g/mol. The van der Waals surface area contributed by atoms with Crippen LogP contribution in [-0.4, -0.2) is 50.1 Å². The van der Waals surface area contributed by atoms with E-state index < -0.39 is 0 Å².